The summed E-state index contributed by atoms with van der Waals surface area (Å²) in [6.07, 6.45) is 0.703. The molecule has 0 saturated carbocycles. The van der Waals surface area contributed by atoms with Crippen LogP contribution in [0.2, 0.25) is 5.02 Å². The standard InChI is InChI=1S/C17H17ClN2O/c1-12(20)7-15-9-16(18)5-6-17(15)21-11-14-4-2-3-13(8-14)10-19/h2-6,8-9,12H,7,11,20H2,1H3. The fourth-order valence-corrected chi connectivity index (χ4v) is 2.28. The molecule has 0 spiro atoms. The fourth-order valence-electron chi connectivity index (χ4n) is 2.09. The van der Waals surface area contributed by atoms with Gasteiger partial charge < -0.3 is 10.5 Å². The van der Waals surface area contributed by atoms with Gasteiger partial charge in [-0.05, 0) is 54.8 Å². The Kier molecular flexibility index (Phi) is 5.21. The molecule has 0 saturated heterocycles. The first-order valence-electron chi connectivity index (χ1n) is 6.74. The number of rotatable bonds is 5. The highest BCUT2D eigenvalue weighted by molar-refractivity contribution is 6.30. The number of hydrogen-bond donors (Lipinski definition) is 1. The fraction of sp³-hybridized carbons (Fsp3) is 0.235. The zero-order valence-corrected chi connectivity index (χ0v) is 12.6. The first-order chi connectivity index (χ1) is 10.1. The summed E-state index contributed by atoms with van der Waals surface area (Å²) < 4.78 is 5.85. The number of halogens is 1. The molecule has 0 aliphatic heterocycles. The van der Waals surface area contributed by atoms with E-state index >= 15 is 0 Å². The van der Waals surface area contributed by atoms with Crippen molar-refractivity contribution in [3.63, 3.8) is 0 Å². The molecule has 0 radical (unpaired) electrons. The smallest absolute Gasteiger partial charge is 0.123 e. The summed E-state index contributed by atoms with van der Waals surface area (Å²) in [5.74, 6) is 0.777. The van der Waals surface area contributed by atoms with Crippen LogP contribution < -0.4 is 10.5 Å². The topological polar surface area (TPSA) is 59.0 Å². The molecule has 0 bridgehead atoms. The minimum absolute atomic E-state index is 0.0349. The highest BCUT2D eigenvalue weighted by Gasteiger charge is 2.08. The number of nitriles is 1. The molecule has 0 aliphatic carbocycles. The van der Waals surface area contributed by atoms with E-state index < -0.39 is 0 Å². The lowest BCUT2D eigenvalue weighted by Gasteiger charge is -2.13. The predicted molar refractivity (Wildman–Crippen MR) is 84.3 cm³/mol. The van der Waals surface area contributed by atoms with E-state index in [1.165, 1.54) is 0 Å². The molecular formula is C17H17ClN2O. The molecule has 1 atom stereocenters. The molecular weight excluding hydrogens is 284 g/mol. The van der Waals surface area contributed by atoms with Gasteiger partial charge in [-0.3, -0.25) is 0 Å². The summed E-state index contributed by atoms with van der Waals surface area (Å²) in [6.45, 7) is 2.35. The SMILES string of the molecule is CC(N)Cc1cc(Cl)ccc1OCc1cccc(C#N)c1. The Morgan fingerprint density at radius 1 is 1.29 bits per heavy atom. The summed E-state index contributed by atoms with van der Waals surface area (Å²) in [4.78, 5) is 0. The second-order valence-corrected chi connectivity index (χ2v) is 5.47. The zero-order valence-electron chi connectivity index (χ0n) is 11.8. The Bertz CT molecular complexity index is 662. The van der Waals surface area contributed by atoms with Crippen molar-refractivity contribution in [1.29, 1.82) is 5.26 Å². The van der Waals surface area contributed by atoms with Crippen LogP contribution in [0.1, 0.15) is 23.6 Å². The molecule has 2 rings (SSSR count). The van der Waals surface area contributed by atoms with Crippen molar-refractivity contribution >= 4 is 11.6 Å². The molecule has 3 nitrogen and oxygen atoms in total. The van der Waals surface area contributed by atoms with E-state index in [1.54, 1.807) is 12.1 Å². The minimum Gasteiger partial charge on any atom is -0.489 e. The number of nitrogens with zero attached hydrogens (tertiary/aromatic N) is 1. The Labute approximate surface area is 129 Å². The Morgan fingerprint density at radius 2 is 2.10 bits per heavy atom. The monoisotopic (exact) mass is 300 g/mol. The molecule has 0 amide bonds. The second kappa shape index (κ2) is 7.12. The highest BCUT2D eigenvalue weighted by Crippen LogP contribution is 2.25. The number of nitrogens with two attached hydrogens (primary N) is 1. The summed E-state index contributed by atoms with van der Waals surface area (Å²) in [5, 5.41) is 9.57. The minimum atomic E-state index is 0.0349. The van der Waals surface area contributed by atoms with E-state index in [1.807, 2.05) is 37.3 Å². The summed E-state index contributed by atoms with van der Waals surface area (Å²) >= 11 is 6.02. The predicted octanol–water partition coefficient (Wildman–Crippen LogP) is 3.68. The van der Waals surface area contributed by atoms with Gasteiger partial charge >= 0.3 is 0 Å². The summed E-state index contributed by atoms with van der Waals surface area (Å²) in [5.41, 5.74) is 8.43. The second-order valence-electron chi connectivity index (χ2n) is 5.03. The average molecular weight is 301 g/mol. The van der Waals surface area contributed by atoms with Crippen molar-refractivity contribution in [2.75, 3.05) is 0 Å². The molecule has 0 aliphatic rings. The van der Waals surface area contributed by atoms with Crippen LogP contribution in [-0.2, 0) is 13.0 Å². The van der Waals surface area contributed by atoms with Gasteiger partial charge in [-0.15, -0.1) is 0 Å². The van der Waals surface area contributed by atoms with Gasteiger partial charge in [0.1, 0.15) is 12.4 Å². The molecule has 4 heteroatoms. The average Bonchev–Trinajstić information content (AvgIpc) is 2.46. The van der Waals surface area contributed by atoms with E-state index in [0.717, 1.165) is 16.9 Å². The Balaban J connectivity index is 2.14. The zero-order chi connectivity index (χ0) is 15.2. The molecule has 2 aromatic rings. The number of benzene rings is 2. The van der Waals surface area contributed by atoms with E-state index in [-0.39, 0.29) is 6.04 Å². The van der Waals surface area contributed by atoms with Gasteiger partial charge in [0.25, 0.3) is 0 Å². The summed E-state index contributed by atoms with van der Waals surface area (Å²) in [6, 6.07) is 15.1. The number of ether oxygens (including phenoxy) is 1. The molecule has 0 heterocycles. The summed E-state index contributed by atoms with van der Waals surface area (Å²) in [7, 11) is 0. The lowest BCUT2D eigenvalue weighted by atomic mass is 10.1. The maximum Gasteiger partial charge on any atom is 0.123 e. The molecule has 0 fully saturated rings. The van der Waals surface area contributed by atoms with Gasteiger partial charge in [0.15, 0.2) is 0 Å². The van der Waals surface area contributed by atoms with Gasteiger partial charge in [0, 0.05) is 11.1 Å². The largest absolute Gasteiger partial charge is 0.489 e. The number of hydrogen-bond acceptors (Lipinski definition) is 3. The van der Waals surface area contributed by atoms with Crippen LogP contribution in [0.3, 0.4) is 0 Å². The van der Waals surface area contributed by atoms with Crippen LogP contribution >= 0.6 is 11.6 Å². The third-order valence-electron chi connectivity index (χ3n) is 3.01. The van der Waals surface area contributed by atoms with Crippen LogP contribution in [0.15, 0.2) is 42.5 Å². The van der Waals surface area contributed by atoms with Gasteiger partial charge in [-0.1, -0.05) is 23.7 Å². The van der Waals surface area contributed by atoms with Crippen LogP contribution in [0.25, 0.3) is 0 Å². The molecule has 108 valence electrons. The van der Waals surface area contributed by atoms with Crippen LogP contribution in [0, 0.1) is 11.3 Å². The third-order valence-corrected chi connectivity index (χ3v) is 3.25. The van der Waals surface area contributed by atoms with Crippen molar-refractivity contribution in [2.24, 2.45) is 5.73 Å². The van der Waals surface area contributed by atoms with Gasteiger partial charge in [-0.2, -0.15) is 5.26 Å². The lowest BCUT2D eigenvalue weighted by molar-refractivity contribution is 0.302. The van der Waals surface area contributed by atoms with Crippen LogP contribution in [0.4, 0.5) is 0 Å². The molecule has 0 aromatic heterocycles. The maximum atomic E-state index is 8.90. The van der Waals surface area contributed by atoms with E-state index in [0.29, 0.717) is 23.6 Å². The molecule has 21 heavy (non-hydrogen) atoms. The van der Waals surface area contributed by atoms with Crippen molar-refractivity contribution in [1.82, 2.24) is 0 Å². The Hall–Kier alpha value is -2.02. The normalized spacial score (nSPS) is 11.7. The van der Waals surface area contributed by atoms with Crippen molar-refractivity contribution in [3.8, 4) is 11.8 Å². The molecule has 2 N–H and O–H groups in total. The first kappa shape index (κ1) is 15.4. The van der Waals surface area contributed by atoms with Crippen molar-refractivity contribution in [3.05, 3.63) is 64.2 Å². The van der Waals surface area contributed by atoms with Crippen molar-refractivity contribution in [2.45, 2.75) is 26.0 Å². The van der Waals surface area contributed by atoms with Gasteiger partial charge in [0.05, 0.1) is 11.6 Å². The van der Waals surface area contributed by atoms with Crippen molar-refractivity contribution < 1.29 is 4.74 Å². The van der Waals surface area contributed by atoms with Gasteiger partial charge in [0.2, 0.25) is 0 Å². The third kappa shape index (κ3) is 4.49. The Morgan fingerprint density at radius 3 is 2.81 bits per heavy atom. The van der Waals surface area contributed by atoms with Crippen LogP contribution in [-0.4, -0.2) is 6.04 Å². The van der Waals surface area contributed by atoms with E-state index in [4.69, 9.17) is 27.3 Å². The quantitative estimate of drug-likeness (QED) is 0.916. The van der Waals surface area contributed by atoms with Gasteiger partial charge in [-0.25, -0.2) is 0 Å². The highest BCUT2D eigenvalue weighted by atomic mass is 35.5. The van der Waals surface area contributed by atoms with E-state index in [9.17, 15) is 0 Å². The molecule has 2 aromatic carbocycles. The van der Waals surface area contributed by atoms with E-state index in [2.05, 4.69) is 6.07 Å². The maximum absolute atomic E-state index is 8.90. The molecule has 1 unspecified atom stereocenters. The first-order valence-corrected chi connectivity index (χ1v) is 7.12. The van der Waals surface area contributed by atoms with Crippen LogP contribution in [0.5, 0.6) is 5.75 Å². The lowest BCUT2D eigenvalue weighted by Crippen LogP contribution is -2.18.